The number of carboxylic acids is 1. The van der Waals surface area contributed by atoms with Crippen molar-refractivity contribution < 1.29 is 9.90 Å². The predicted molar refractivity (Wildman–Crippen MR) is 74.1 cm³/mol. The predicted octanol–water partition coefficient (Wildman–Crippen LogP) is 1.70. The normalized spacial score (nSPS) is 42.1. The molecule has 4 heteroatoms. The van der Waals surface area contributed by atoms with E-state index in [0.29, 0.717) is 5.92 Å². The SMILES string of the molecule is CNC1(C(=O)O)CCCC1CCN1CC2CCC1C2. The van der Waals surface area contributed by atoms with Crippen LogP contribution in [0.2, 0.25) is 0 Å². The highest BCUT2D eigenvalue weighted by Crippen LogP contribution is 2.41. The van der Waals surface area contributed by atoms with E-state index in [2.05, 4.69) is 10.2 Å². The molecule has 0 aromatic carbocycles. The van der Waals surface area contributed by atoms with Crippen molar-refractivity contribution >= 4 is 5.97 Å². The Labute approximate surface area is 115 Å². The molecule has 2 bridgehead atoms. The molecule has 2 N–H and O–H groups in total. The molecular weight excluding hydrogens is 240 g/mol. The first-order valence-electron chi connectivity index (χ1n) is 7.82. The number of rotatable bonds is 5. The van der Waals surface area contributed by atoms with Gasteiger partial charge in [0.1, 0.15) is 5.54 Å². The summed E-state index contributed by atoms with van der Waals surface area (Å²) in [7, 11) is 1.81. The average Bonchev–Trinajstić information content (AvgIpc) is 3.10. The van der Waals surface area contributed by atoms with E-state index in [0.717, 1.165) is 44.2 Å². The van der Waals surface area contributed by atoms with Gasteiger partial charge in [-0.15, -0.1) is 0 Å². The van der Waals surface area contributed by atoms with Gasteiger partial charge < -0.3 is 15.3 Å². The lowest BCUT2D eigenvalue weighted by molar-refractivity contribution is -0.146. The van der Waals surface area contributed by atoms with Crippen LogP contribution in [0, 0.1) is 11.8 Å². The van der Waals surface area contributed by atoms with Gasteiger partial charge in [-0.1, -0.05) is 6.42 Å². The van der Waals surface area contributed by atoms with Crippen molar-refractivity contribution in [3.8, 4) is 0 Å². The molecule has 1 saturated heterocycles. The number of piperidine rings is 1. The number of carbonyl (C=O) groups is 1. The molecule has 0 aromatic heterocycles. The minimum absolute atomic E-state index is 0.300. The van der Waals surface area contributed by atoms with Crippen LogP contribution in [0.15, 0.2) is 0 Å². The number of hydrogen-bond acceptors (Lipinski definition) is 3. The number of nitrogens with one attached hydrogen (secondary N) is 1. The fourth-order valence-corrected chi connectivity index (χ4v) is 4.81. The third kappa shape index (κ3) is 2.19. The lowest BCUT2D eigenvalue weighted by Crippen LogP contribution is -2.53. The lowest BCUT2D eigenvalue weighted by atomic mass is 9.84. The summed E-state index contributed by atoms with van der Waals surface area (Å²) in [5.41, 5.74) is -0.654. The molecule has 108 valence electrons. The minimum Gasteiger partial charge on any atom is -0.480 e. The standard InChI is InChI=1S/C15H26N2O2/c1-16-15(14(18)19)7-2-3-12(15)6-8-17-10-11-4-5-13(17)9-11/h11-13,16H,2-10H2,1H3,(H,18,19). The summed E-state index contributed by atoms with van der Waals surface area (Å²) in [5, 5.41) is 12.7. The third-order valence-electron chi connectivity index (χ3n) is 5.94. The first-order valence-corrected chi connectivity index (χ1v) is 7.82. The number of likely N-dealkylation sites (N-methyl/N-ethyl adjacent to an activating group) is 1. The van der Waals surface area contributed by atoms with Gasteiger partial charge in [0.05, 0.1) is 0 Å². The number of aliphatic carboxylic acids is 1. The molecule has 1 aliphatic heterocycles. The van der Waals surface area contributed by atoms with Gasteiger partial charge in [0.25, 0.3) is 0 Å². The largest absolute Gasteiger partial charge is 0.480 e. The molecule has 3 rings (SSSR count). The molecule has 0 spiro atoms. The van der Waals surface area contributed by atoms with E-state index in [1.165, 1.54) is 25.8 Å². The van der Waals surface area contributed by atoms with Gasteiger partial charge in [-0.05, 0) is 64.0 Å². The first kappa shape index (κ1) is 13.4. The quantitative estimate of drug-likeness (QED) is 0.795. The van der Waals surface area contributed by atoms with Crippen LogP contribution in [0.4, 0.5) is 0 Å². The maximum atomic E-state index is 11.6. The molecule has 4 unspecified atom stereocenters. The van der Waals surface area contributed by atoms with E-state index in [1.807, 2.05) is 7.05 Å². The third-order valence-corrected chi connectivity index (χ3v) is 5.94. The molecule has 3 aliphatic rings. The van der Waals surface area contributed by atoms with Gasteiger partial charge in [0, 0.05) is 12.6 Å². The van der Waals surface area contributed by atoms with Crippen LogP contribution in [0.5, 0.6) is 0 Å². The Hall–Kier alpha value is -0.610. The van der Waals surface area contributed by atoms with Crippen molar-refractivity contribution in [2.75, 3.05) is 20.1 Å². The summed E-state index contributed by atoms with van der Waals surface area (Å²) in [4.78, 5) is 14.2. The van der Waals surface area contributed by atoms with E-state index in [9.17, 15) is 9.90 Å². The summed E-state index contributed by atoms with van der Waals surface area (Å²) in [6, 6.07) is 0.806. The Balaban J connectivity index is 1.58. The summed E-state index contributed by atoms with van der Waals surface area (Å²) in [5.74, 6) is 0.580. The summed E-state index contributed by atoms with van der Waals surface area (Å²) >= 11 is 0. The molecule has 2 aliphatic carbocycles. The summed E-state index contributed by atoms with van der Waals surface area (Å²) in [6.07, 6.45) is 8.11. The van der Waals surface area contributed by atoms with E-state index in [1.54, 1.807) is 0 Å². The van der Waals surface area contributed by atoms with Crippen LogP contribution >= 0.6 is 0 Å². The molecule has 0 aromatic rings. The maximum Gasteiger partial charge on any atom is 0.324 e. The second kappa shape index (κ2) is 5.06. The van der Waals surface area contributed by atoms with Crippen molar-refractivity contribution in [1.29, 1.82) is 0 Å². The minimum atomic E-state index is -0.654. The monoisotopic (exact) mass is 266 g/mol. The number of likely N-dealkylation sites (tertiary alicyclic amines) is 1. The van der Waals surface area contributed by atoms with Gasteiger partial charge in [-0.3, -0.25) is 4.79 Å². The zero-order chi connectivity index (χ0) is 13.5. The smallest absolute Gasteiger partial charge is 0.324 e. The van der Waals surface area contributed by atoms with Crippen LogP contribution in [0.1, 0.15) is 44.9 Å². The maximum absolute atomic E-state index is 11.6. The fourth-order valence-electron chi connectivity index (χ4n) is 4.81. The second-order valence-electron chi connectivity index (χ2n) is 6.73. The summed E-state index contributed by atoms with van der Waals surface area (Å²) in [6.45, 7) is 2.36. The van der Waals surface area contributed by atoms with Gasteiger partial charge in [-0.25, -0.2) is 0 Å². The van der Waals surface area contributed by atoms with Gasteiger partial charge >= 0.3 is 5.97 Å². The molecule has 4 nitrogen and oxygen atoms in total. The zero-order valence-corrected chi connectivity index (χ0v) is 11.9. The van der Waals surface area contributed by atoms with Crippen molar-refractivity contribution in [3.63, 3.8) is 0 Å². The molecule has 1 heterocycles. The van der Waals surface area contributed by atoms with Crippen LogP contribution in [0.3, 0.4) is 0 Å². The Morgan fingerprint density at radius 3 is 2.84 bits per heavy atom. The highest BCUT2D eigenvalue weighted by atomic mass is 16.4. The molecule has 0 amide bonds. The Morgan fingerprint density at radius 2 is 2.26 bits per heavy atom. The number of carboxylic acid groups (broad SMARTS) is 1. The zero-order valence-electron chi connectivity index (χ0n) is 11.9. The Morgan fingerprint density at radius 1 is 1.42 bits per heavy atom. The second-order valence-corrected chi connectivity index (χ2v) is 6.73. The molecule has 3 fully saturated rings. The highest BCUT2D eigenvalue weighted by molar-refractivity contribution is 5.79. The van der Waals surface area contributed by atoms with Crippen molar-refractivity contribution in [2.45, 2.75) is 56.5 Å². The molecule has 19 heavy (non-hydrogen) atoms. The topological polar surface area (TPSA) is 52.6 Å². The highest BCUT2D eigenvalue weighted by Gasteiger charge is 2.48. The van der Waals surface area contributed by atoms with Crippen LogP contribution in [-0.2, 0) is 4.79 Å². The molecule has 2 saturated carbocycles. The van der Waals surface area contributed by atoms with E-state index < -0.39 is 11.5 Å². The van der Waals surface area contributed by atoms with E-state index in [4.69, 9.17) is 0 Å². The van der Waals surface area contributed by atoms with Crippen molar-refractivity contribution in [1.82, 2.24) is 10.2 Å². The summed E-state index contributed by atoms with van der Waals surface area (Å²) < 4.78 is 0. The van der Waals surface area contributed by atoms with Gasteiger partial charge in [0.15, 0.2) is 0 Å². The molecular formula is C15H26N2O2. The van der Waals surface area contributed by atoms with Crippen molar-refractivity contribution in [3.05, 3.63) is 0 Å². The van der Waals surface area contributed by atoms with Crippen LogP contribution in [-0.4, -0.2) is 47.7 Å². The lowest BCUT2D eigenvalue weighted by Gasteiger charge is -2.34. The van der Waals surface area contributed by atoms with Crippen molar-refractivity contribution in [2.24, 2.45) is 11.8 Å². The van der Waals surface area contributed by atoms with Gasteiger partial charge in [-0.2, -0.15) is 0 Å². The number of fused-ring (bicyclic) bond motifs is 2. The number of nitrogens with zero attached hydrogens (tertiary/aromatic N) is 1. The fraction of sp³-hybridized carbons (Fsp3) is 0.933. The average molecular weight is 266 g/mol. The van der Waals surface area contributed by atoms with Gasteiger partial charge in [0.2, 0.25) is 0 Å². The molecule has 4 atom stereocenters. The van der Waals surface area contributed by atoms with Crippen LogP contribution in [0.25, 0.3) is 0 Å². The Bertz CT molecular complexity index is 360. The van der Waals surface area contributed by atoms with E-state index in [-0.39, 0.29) is 0 Å². The number of hydrogen-bond donors (Lipinski definition) is 2. The Kier molecular flexibility index (Phi) is 3.56. The first-order chi connectivity index (χ1) is 9.15. The van der Waals surface area contributed by atoms with Crippen LogP contribution < -0.4 is 5.32 Å². The molecule has 0 radical (unpaired) electrons. The van der Waals surface area contributed by atoms with E-state index >= 15 is 0 Å².